The van der Waals surface area contributed by atoms with Gasteiger partial charge in [0, 0.05) is 29.9 Å². The Bertz CT molecular complexity index is 1190. The van der Waals surface area contributed by atoms with Gasteiger partial charge < -0.3 is 5.32 Å². The molecule has 0 aliphatic carbocycles. The first-order valence-corrected chi connectivity index (χ1v) is 10.1. The Hall–Kier alpha value is -3.60. The van der Waals surface area contributed by atoms with Gasteiger partial charge in [-0.05, 0) is 48.7 Å². The molecule has 5 rings (SSSR count). The zero-order valence-corrected chi connectivity index (χ0v) is 17.0. The molecule has 2 aromatic carbocycles. The summed E-state index contributed by atoms with van der Waals surface area (Å²) in [5, 5.41) is 3.14. The SMILES string of the molecule is CC(C)(NC(=O)C1=Nc2cc3c(cc2C1)CN=C3c1ccncc1)c1ccccc1. The molecular weight excluding hydrogens is 372 g/mol. The smallest absolute Gasteiger partial charge is 0.266 e. The number of carbonyl (C=O) groups excluding carboxylic acids is 1. The van der Waals surface area contributed by atoms with Gasteiger partial charge in [0.25, 0.3) is 5.91 Å². The lowest BCUT2D eigenvalue weighted by Crippen LogP contribution is -2.44. The van der Waals surface area contributed by atoms with Gasteiger partial charge in [0.1, 0.15) is 5.71 Å². The van der Waals surface area contributed by atoms with Crippen molar-refractivity contribution >= 4 is 23.0 Å². The van der Waals surface area contributed by atoms with Gasteiger partial charge in [0.05, 0.1) is 23.5 Å². The number of hydrogen-bond donors (Lipinski definition) is 1. The van der Waals surface area contributed by atoms with Gasteiger partial charge >= 0.3 is 0 Å². The summed E-state index contributed by atoms with van der Waals surface area (Å²) in [7, 11) is 0. The maximum absolute atomic E-state index is 13.0. The molecule has 1 aromatic heterocycles. The molecule has 1 amide bonds. The molecule has 0 unspecified atom stereocenters. The summed E-state index contributed by atoms with van der Waals surface area (Å²) in [6.45, 7) is 4.67. The zero-order valence-electron chi connectivity index (χ0n) is 17.0. The fourth-order valence-corrected chi connectivity index (χ4v) is 4.07. The van der Waals surface area contributed by atoms with Crippen LogP contribution in [-0.4, -0.2) is 22.3 Å². The third-order valence-corrected chi connectivity index (χ3v) is 5.72. The van der Waals surface area contributed by atoms with Crippen molar-refractivity contribution in [2.45, 2.75) is 32.4 Å². The average Bonchev–Trinajstić information content (AvgIpc) is 3.36. The van der Waals surface area contributed by atoms with E-state index in [9.17, 15) is 4.79 Å². The molecule has 0 spiro atoms. The first-order chi connectivity index (χ1) is 14.5. The molecule has 30 heavy (non-hydrogen) atoms. The summed E-state index contributed by atoms with van der Waals surface area (Å²) in [5.41, 5.74) is 7.38. The highest BCUT2D eigenvalue weighted by atomic mass is 16.2. The quantitative estimate of drug-likeness (QED) is 0.724. The molecule has 0 atom stereocenters. The molecule has 0 bridgehead atoms. The van der Waals surface area contributed by atoms with Gasteiger partial charge in [-0.2, -0.15) is 0 Å². The molecule has 0 saturated carbocycles. The van der Waals surface area contributed by atoms with Gasteiger partial charge in [0.15, 0.2) is 0 Å². The Morgan fingerprint density at radius 1 is 1.00 bits per heavy atom. The number of pyridine rings is 1. The number of fused-ring (bicyclic) bond motifs is 2. The van der Waals surface area contributed by atoms with E-state index >= 15 is 0 Å². The van der Waals surface area contributed by atoms with Crippen LogP contribution >= 0.6 is 0 Å². The van der Waals surface area contributed by atoms with Crippen LogP contribution in [0.5, 0.6) is 0 Å². The van der Waals surface area contributed by atoms with Gasteiger partial charge in [-0.3, -0.25) is 14.8 Å². The lowest BCUT2D eigenvalue weighted by Gasteiger charge is -2.26. The number of aromatic nitrogens is 1. The van der Waals surface area contributed by atoms with E-state index in [1.165, 1.54) is 5.56 Å². The van der Waals surface area contributed by atoms with Crippen molar-refractivity contribution in [2.24, 2.45) is 9.98 Å². The van der Waals surface area contributed by atoms with Crippen LogP contribution < -0.4 is 5.32 Å². The van der Waals surface area contributed by atoms with E-state index in [2.05, 4.69) is 27.4 Å². The first kappa shape index (κ1) is 18.4. The summed E-state index contributed by atoms with van der Waals surface area (Å²) in [4.78, 5) is 26.4. The van der Waals surface area contributed by atoms with E-state index in [1.54, 1.807) is 12.4 Å². The van der Waals surface area contributed by atoms with Crippen LogP contribution in [0.3, 0.4) is 0 Å². The fourth-order valence-electron chi connectivity index (χ4n) is 4.07. The van der Waals surface area contributed by atoms with Gasteiger partial charge in [-0.1, -0.05) is 36.4 Å². The van der Waals surface area contributed by atoms with Crippen LogP contribution in [0, 0.1) is 0 Å². The predicted molar refractivity (Wildman–Crippen MR) is 118 cm³/mol. The summed E-state index contributed by atoms with van der Waals surface area (Å²) in [6.07, 6.45) is 4.10. The summed E-state index contributed by atoms with van der Waals surface area (Å²) >= 11 is 0. The van der Waals surface area contributed by atoms with Crippen LogP contribution in [0.4, 0.5) is 5.69 Å². The highest BCUT2D eigenvalue weighted by Gasteiger charge is 2.29. The number of aliphatic imine (C=N–C) groups is 2. The molecule has 5 nitrogen and oxygen atoms in total. The van der Waals surface area contributed by atoms with Gasteiger partial charge in [-0.15, -0.1) is 0 Å². The Labute approximate surface area is 175 Å². The topological polar surface area (TPSA) is 66.7 Å². The number of amides is 1. The van der Waals surface area contributed by atoms with Crippen molar-refractivity contribution in [3.63, 3.8) is 0 Å². The molecule has 3 heterocycles. The lowest BCUT2D eigenvalue weighted by molar-refractivity contribution is -0.116. The normalized spacial score (nSPS) is 14.6. The monoisotopic (exact) mass is 394 g/mol. The van der Waals surface area contributed by atoms with Crippen molar-refractivity contribution in [1.29, 1.82) is 0 Å². The summed E-state index contributed by atoms with van der Waals surface area (Å²) in [5.74, 6) is -0.122. The molecule has 0 fully saturated rings. The number of nitrogens with one attached hydrogen (secondary N) is 1. The van der Waals surface area contributed by atoms with Crippen molar-refractivity contribution in [3.8, 4) is 0 Å². The average molecular weight is 394 g/mol. The minimum atomic E-state index is -0.474. The van der Waals surface area contributed by atoms with Crippen LogP contribution in [0.15, 0.2) is 77.0 Å². The zero-order chi connectivity index (χ0) is 20.7. The maximum Gasteiger partial charge on any atom is 0.266 e. The van der Waals surface area contributed by atoms with Crippen LogP contribution in [0.25, 0.3) is 0 Å². The highest BCUT2D eigenvalue weighted by molar-refractivity contribution is 6.41. The van der Waals surface area contributed by atoms with Crippen molar-refractivity contribution in [1.82, 2.24) is 10.3 Å². The minimum Gasteiger partial charge on any atom is -0.342 e. The van der Waals surface area contributed by atoms with Crippen molar-refractivity contribution < 1.29 is 4.79 Å². The first-order valence-electron chi connectivity index (χ1n) is 10.1. The minimum absolute atomic E-state index is 0.122. The lowest BCUT2D eigenvalue weighted by atomic mass is 9.93. The van der Waals surface area contributed by atoms with E-state index < -0.39 is 5.54 Å². The molecule has 3 aromatic rings. The number of hydrogen-bond acceptors (Lipinski definition) is 4. The van der Waals surface area contributed by atoms with E-state index in [1.807, 2.05) is 56.3 Å². The Morgan fingerprint density at radius 3 is 2.53 bits per heavy atom. The second kappa shape index (κ2) is 7.02. The van der Waals surface area contributed by atoms with E-state index in [0.717, 1.165) is 33.7 Å². The summed E-state index contributed by atoms with van der Waals surface area (Å²) < 4.78 is 0. The van der Waals surface area contributed by atoms with Crippen LogP contribution in [-0.2, 0) is 23.3 Å². The number of rotatable bonds is 4. The fraction of sp³-hybridized carbons (Fsp3) is 0.200. The molecule has 148 valence electrons. The molecule has 5 heteroatoms. The molecule has 0 saturated heterocycles. The van der Waals surface area contributed by atoms with Gasteiger partial charge in [-0.25, -0.2) is 4.99 Å². The largest absolute Gasteiger partial charge is 0.342 e. The standard InChI is InChI=1S/C25H22N4O/c1-25(2,19-6-4-3-5-7-19)29-24(30)22-13-17-12-18-15-27-23(16-8-10-26-11-9-16)20(18)14-21(17)28-22/h3-12,14H,13,15H2,1-2H3,(H,29,30). The maximum atomic E-state index is 13.0. The van der Waals surface area contributed by atoms with Gasteiger partial charge in [0.2, 0.25) is 0 Å². The number of carbonyl (C=O) groups is 1. The molecule has 0 radical (unpaired) electrons. The second-order valence-corrected chi connectivity index (χ2v) is 8.22. The number of benzene rings is 2. The highest BCUT2D eigenvalue weighted by Crippen LogP contribution is 2.34. The Morgan fingerprint density at radius 2 is 1.77 bits per heavy atom. The third kappa shape index (κ3) is 3.22. The third-order valence-electron chi connectivity index (χ3n) is 5.72. The molecule has 1 N–H and O–H groups in total. The Kier molecular flexibility index (Phi) is 4.31. The van der Waals surface area contributed by atoms with E-state index in [-0.39, 0.29) is 5.91 Å². The second-order valence-electron chi connectivity index (χ2n) is 8.22. The molecule has 2 aliphatic heterocycles. The molecule has 2 aliphatic rings. The molecular formula is C25H22N4O. The number of nitrogens with zero attached hydrogens (tertiary/aromatic N) is 3. The van der Waals surface area contributed by atoms with Crippen molar-refractivity contribution in [3.05, 3.63) is 94.8 Å². The van der Waals surface area contributed by atoms with E-state index in [0.29, 0.717) is 18.7 Å². The predicted octanol–water partition coefficient (Wildman–Crippen LogP) is 4.11. The van der Waals surface area contributed by atoms with Crippen LogP contribution in [0.1, 0.15) is 41.7 Å². The van der Waals surface area contributed by atoms with Crippen LogP contribution in [0.2, 0.25) is 0 Å². The van der Waals surface area contributed by atoms with E-state index in [4.69, 9.17) is 4.99 Å². The Balaban J connectivity index is 1.40. The summed E-state index contributed by atoms with van der Waals surface area (Å²) in [6, 6.07) is 18.1. The van der Waals surface area contributed by atoms with Crippen molar-refractivity contribution in [2.75, 3.05) is 0 Å².